The molecule has 4 nitrogen and oxygen atoms in total. The fourth-order valence-corrected chi connectivity index (χ4v) is 4.29. The van der Waals surface area contributed by atoms with E-state index in [0.717, 1.165) is 15.8 Å². The maximum atomic E-state index is 12.5. The summed E-state index contributed by atoms with van der Waals surface area (Å²) in [4.78, 5) is 17.9. The number of hydrogen-bond donors (Lipinski definition) is 1. The first-order valence-electron chi connectivity index (χ1n) is 8.50. The summed E-state index contributed by atoms with van der Waals surface area (Å²) in [5.74, 6) is 1.31. The van der Waals surface area contributed by atoms with Gasteiger partial charge in [0, 0.05) is 17.0 Å². The van der Waals surface area contributed by atoms with Crippen LogP contribution in [0.4, 0.5) is 5.82 Å². The molecule has 0 spiro atoms. The van der Waals surface area contributed by atoms with E-state index in [2.05, 4.69) is 44.3 Å². The van der Waals surface area contributed by atoms with Gasteiger partial charge in [-0.1, -0.05) is 42.5 Å². The topological polar surface area (TPSA) is 46.4 Å². The van der Waals surface area contributed by atoms with Gasteiger partial charge in [0.25, 0.3) is 0 Å². The van der Waals surface area contributed by atoms with E-state index in [9.17, 15) is 4.79 Å². The van der Waals surface area contributed by atoms with Gasteiger partial charge in [0.15, 0.2) is 5.82 Å². The predicted octanol–water partition coefficient (Wildman–Crippen LogP) is 4.61. The molecule has 1 amide bonds. The van der Waals surface area contributed by atoms with E-state index < -0.39 is 0 Å². The van der Waals surface area contributed by atoms with E-state index in [1.807, 2.05) is 24.5 Å². The number of thiazole rings is 1. The third-order valence-electron chi connectivity index (χ3n) is 4.73. The average Bonchev–Trinajstić information content (AvgIpc) is 3.26. The molecule has 0 radical (unpaired) electrons. The van der Waals surface area contributed by atoms with Gasteiger partial charge < -0.3 is 5.32 Å². The monoisotopic (exact) mass is 347 g/mol. The number of nitrogens with zero attached hydrogens (tertiary/aromatic N) is 2. The van der Waals surface area contributed by atoms with E-state index >= 15 is 0 Å². The smallest absolute Gasteiger partial charge is 0.230 e. The van der Waals surface area contributed by atoms with Crippen LogP contribution in [0.5, 0.6) is 0 Å². The van der Waals surface area contributed by atoms with Crippen LogP contribution in [0, 0.1) is 0 Å². The van der Waals surface area contributed by atoms with E-state index in [-0.39, 0.29) is 5.91 Å². The normalized spacial score (nSPS) is 14.2. The highest BCUT2D eigenvalue weighted by Gasteiger charge is 2.27. The van der Waals surface area contributed by atoms with E-state index in [1.165, 1.54) is 23.9 Å². The molecule has 0 bridgehead atoms. The Kier molecular flexibility index (Phi) is 3.35. The van der Waals surface area contributed by atoms with Crippen LogP contribution < -0.4 is 5.32 Å². The number of aromatic nitrogens is 2. The van der Waals surface area contributed by atoms with Crippen molar-refractivity contribution in [2.24, 2.45) is 0 Å². The number of imidazole rings is 1. The summed E-state index contributed by atoms with van der Waals surface area (Å²) in [6.45, 7) is 0. The highest BCUT2D eigenvalue weighted by Crippen LogP contribution is 2.42. The Morgan fingerprint density at radius 3 is 2.88 bits per heavy atom. The minimum Gasteiger partial charge on any atom is -0.308 e. The molecule has 1 saturated carbocycles. The lowest BCUT2D eigenvalue weighted by Crippen LogP contribution is -2.14. The maximum absolute atomic E-state index is 12.5. The summed E-state index contributed by atoms with van der Waals surface area (Å²) in [6.07, 6.45) is 4.69. The third kappa shape index (κ3) is 2.70. The van der Waals surface area contributed by atoms with Crippen molar-refractivity contribution in [1.82, 2.24) is 9.38 Å². The Bertz CT molecular complexity index is 1090. The van der Waals surface area contributed by atoms with Gasteiger partial charge in [-0.05, 0) is 29.2 Å². The van der Waals surface area contributed by atoms with Crippen LogP contribution in [0.2, 0.25) is 0 Å². The van der Waals surface area contributed by atoms with Crippen molar-refractivity contribution in [2.75, 3.05) is 5.32 Å². The fourth-order valence-electron chi connectivity index (χ4n) is 3.27. The molecule has 0 atom stereocenters. The molecule has 25 heavy (non-hydrogen) atoms. The molecular formula is C20H17N3OS. The van der Waals surface area contributed by atoms with Crippen molar-refractivity contribution in [1.29, 1.82) is 0 Å². The maximum Gasteiger partial charge on any atom is 0.230 e. The first-order valence-corrected chi connectivity index (χ1v) is 9.38. The largest absolute Gasteiger partial charge is 0.308 e. The van der Waals surface area contributed by atoms with Gasteiger partial charge in [0.2, 0.25) is 5.91 Å². The van der Waals surface area contributed by atoms with Gasteiger partial charge >= 0.3 is 0 Å². The van der Waals surface area contributed by atoms with Gasteiger partial charge in [-0.25, -0.2) is 4.98 Å². The first kappa shape index (κ1) is 14.7. The number of anilines is 1. The zero-order valence-electron chi connectivity index (χ0n) is 13.6. The highest BCUT2D eigenvalue weighted by molar-refractivity contribution is 7.16. The summed E-state index contributed by atoms with van der Waals surface area (Å²) >= 11 is 1.65. The average molecular weight is 347 g/mol. The predicted molar refractivity (Wildman–Crippen MR) is 101 cm³/mol. The number of carbonyl (C=O) groups is 1. The van der Waals surface area contributed by atoms with E-state index in [0.29, 0.717) is 18.2 Å². The number of carbonyl (C=O) groups excluding carboxylic acids is 1. The van der Waals surface area contributed by atoms with Gasteiger partial charge in [-0.3, -0.25) is 9.20 Å². The molecule has 124 valence electrons. The van der Waals surface area contributed by atoms with Crippen LogP contribution in [0.25, 0.3) is 15.6 Å². The van der Waals surface area contributed by atoms with Gasteiger partial charge in [-0.15, -0.1) is 11.3 Å². The van der Waals surface area contributed by atoms with Crippen molar-refractivity contribution in [3.8, 4) is 0 Å². The molecular weight excluding hydrogens is 330 g/mol. The number of amides is 1. The molecule has 0 aliphatic heterocycles. The second-order valence-electron chi connectivity index (χ2n) is 6.61. The van der Waals surface area contributed by atoms with Crippen LogP contribution in [0.1, 0.15) is 30.0 Å². The lowest BCUT2D eigenvalue weighted by atomic mass is 10.1. The van der Waals surface area contributed by atoms with Gasteiger partial charge in [0.1, 0.15) is 11.2 Å². The molecule has 1 aliphatic rings. The summed E-state index contributed by atoms with van der Waals surface area (Å²) in [7, 11) is 0. The van der Waals surface area contributed by atoms with Crippen molar-refractivity contribution in [3.63, 3.8) is 0 Å². The van der Waals surface area contributed by atoms with E-state index in [1.54, 1.807) is 11.3 Å². The fraction of sp³-hybridized carbons (Fsp3) is 0.200. The summed E-state index contributed by atoms with van der Waals surface area (Å²) < 4.78 is 2.12. The Labute approximate surface area is 149 Å². The summed E-state index contributed by atoms with van der Waals surface area (Å²) in [6, 6.07) is 14.3. The molecule has 1 N–H and O–H groups in total. The van der Waals surface area contributed by atoms with Crippen molar-refractivity contribution in [2.45, 2.75) is 25.2 Å². The second-order valence-corrected chi connectivity index (χ2v) is 7.47. The molecule has 5 heteroatoms. The summed E-state index contributed by atoms with van der Waals surface area (Å²) in [5, 5.41) is 7.51. The molecule has 5 rings (SSSR count). The van der Waals surface area contributed by atoms with Crippen LogP contribution in [-0.2, 0) is 11.2 Å². The zero-order chi connectivity index (χ0) is 16.8. The Morgan fingerprint density at radius 2 is 2.04 bits per heavy atom. The Morgan fingerprint density at radius 1 is 1.20 bits per heavy atom. The molecule has 1 aliphatic carbocycles. The second kappa shape index (κ2) is 5.70. The third-order valence-corrected chi connectivity index (χ3v) is 5.70. The summed E-state index contributed by atoms with van der Waals surface area (Å²) in [5.41, 5.74) is 2.33. The minimum atomic E-state index is -0.0303. The van der Waals surface area contributed by atoms with Gasteiger partial charge in [-0.2, -0.15) is 0 Å². The van der Waals surface area contributed by atoms with Crippen molar-refractivity contribution < 1.29 is 4.79 Å². The highest BCUT2D eigenvalue weighted by atomic mass is 32.1. The standard InChI is InChI=1S/C20H17N3OS/c24-18(10-13-5-6-14-3-1-2-4-16(14)9-13)22-19-20-23(12-21-19)17(11-25-20)15-7-8-15/h1-6,9,11-12,15H,7-8,10H2,(H,22,24). The van der Waals surface area contributed by atoms with Crippen LogP contribution in [0.3, 0.4) is 0 Å². The lowest BCUT2D eigenvalue weighted by Gasteiger charge is -2.04. The molecule has 2 aromatic carbocycles. The molecule has 2 heterocycles. The minimum absolute atomic E-state index is 0.0303. The zero-order valence-corrected chi connectivity index (χ0v) is 14.4. The number of nitrogens with one attached hydrogen (secondary N) is 1. The first-order chi connectivity index (χ1) is 12.3. The number of hydrogen-bond acceptors (Lipinski definition) is 3. The molecule has 0 saturated heterocycles. The molecule has 1 fully saturated rings. The molecule has 2 aromatic heterocycles. The molecule has 4 aromatic rings. The van der Waals surface area contributed by atoms with Crippen LogP contribution in [0.15, 0.2) is 54.2 Å². The Hall–Kier alpha value is -2.66. The Balaban J connectivity index is 1.36. The quantitative estimate of drug-likeness (QED) is 0.586. The van der Waals surface area contributed by atoms with Crippen LogP contribution in [-0.4, -0.2) is 15.3 Å². The number of fused-ring (bicyclic) bond motifs is 2. The number of rotatable bonds is 4. The lowest BCUT2D eigenvalue weighted by molar-refractivity contribution is -0.115. The SMILES string of the molecule is O=C(Cc1ccc2ccccc2c1)Nc1ncn2c(C3CC3)csc12. The van der Waals surface area contributed by atoms with E-state index in [4.69, 9.17) is 0 Å². The number of benzene rings is 2. The molecule has 0 unspecified atom stereocenters. The van der Waals surface area contributed by atoms with Crippen molar-refractivity contribution in [3.05, 3.63) is 65.4 Å². The van der Waals surface area contributed by atoms with Gasteiger partial charge in [0.05, 0.1) is 6.42 Å². The van der Waals surface area contributed by atoms with Crippen LogP contribution >= 0.6 is 11.3 Å². The van der Waals surface area contributed by atoms with Crippen molar-refractivity contribution >= 4 is 38.7 Å².